The minimum Gasteiger partial charge on any atom is -0.497 e. The monoisotopic (exact) mass is 505 g/mol. The van der Waals surface area contributed by atoms with Crippen LogP contribution in [0, 0.1) is 0 Å². The smallest absolute Gasteiger partial charge is 0.326 e. The first kappa shape index (κ1) is 21.4. The molecular weight excluding hydrogens is 492 g/mol. The lowest BCUT2D eigenvalue weighted by molar-refractivity contribution is -0.647. The molecule has 4 rings (SSSR count). The number of nitrogens with zero attached hydrogens (tertiary/aromatic N) is 2. The molecule has 1 aromatic carbocycles. The average molecular weight is 506 g/mol. The molecule has 158 valence electrons. The highest BCUT2D eigenvalue weighted by molar-refractivity contribution is 8.04. The van der Waals surface area contributed by atoms with Crippen LogP contribution in [0.25, 0.3) is 15.6 Å². The summed E-state index contributed by atoms with van der Waals surface area (Å²) in [4.78, 5) is 14.6. The number of hydrogen-bond donors (Lipinski definition) is 2. The van der Waals surface area contributed by atoms with Crippen LogP contribution in [0.3, 0.4) is 0 Å². The Kier molecular flexibility index (Phi) is 5.72. The molecule has 8 nitrogen and oxygen atoms in total. The number of carboxylic acids is 1. The molecule has 0 saturated carbocycles. The van der Waals surface area contributed by atoms with Crippen molar-refractivity contribution < 1.29 is 32.2 Å². The fourth-order valence-corrected chi connectivity index (χ4v) is 7.49. The number of ether oxygens (including phenoxy) is 1. The van der Waals surface area contributed by atoms with Gasteiger partial charge in [-0.3, -0.25) is 9.35 Å². The molecule has 0 fully saturated rings. The van der Waals surface area contributed by atoms with Crippen LogP contribution in [-0.4, -0.2) is 37.7 Å². The molecule has 0 radical (unpaired) electrons. The highest BCUT2D eigenvalue weighted by Crippen LogP contribution is 2.48. The van der Waals surface area contributed by atoms with Crippen molar-refractivity contribution in [3.05, 3.63) is 38.6 Å². The van der Waals surface area contributed by atoms with Crippen molar-refractivity contribution in [2.75, 3.05) is 18.6 Å². The third-order valence-corrected chi connectivity index (χ3v) is 8.34. The molecule has 0 spiro atoms. The van der Waals surface area contributed by atoms with E-state index in [-0.39, 0.29) is 6.54 Å². The molecular formula is C17H14ClN2O6S4+. The lowest BCUT2D eigenvalue weighted by Crippen LogP contribution is -2.38. The number of carboxylic acid groups (broad SMARTS) is 1. The maximum Gasteiger partial charge on any atom is 0.326 e. The zero-order chi connectivity index (χ0) is 21.6. The van der Waals surface area contributed by atoms with Gasteiger partial charge in [0.1, 0.15) is 21.3 Å². The quantitative estimate of drug-likeness (QED) is 0.385. The summed E-state index contributed by atoms with van der Waals surface area (Å²) in [5.74, 6) is -1.05. The molecule has 0 bridgehead atoms. The number of fused-ring (bicyclic) bond motifs is 2. The first-order valence-electron chi connectivity index (χ1n) is 8.28. The number of carbonyl (C=O) groups is 1. The fourth-order valence-electron chi connectivity index (χ4n) is 2.98. The maximum atomic E-state index is 11.6. The topological polar surface area (TPSA) is 108 Å². The van der Waals surface area contributed by atoms with Crippen molar-refractivity contribution in [3.63, 3.8) is 0 Å². The molecule has 0 saturated heterocycles. The van der Waals surface area contributed by atoms with Gasteiger partial charge in [-0.05, 0) is 18.2 Å². The standard InChI is InChI=1S/C17H13ClN2O6S4/c1-26-9-2-3-11-10(4-9)19(7-16(21)22)14(27-11)6-15-20(8-30(23,24)25)17-12(28-15)5-13(18)29-17/h2-6H,7-8H2,1H3,(H-,21,22,23,24,25)/p+1. The average Bonchev–Trinajstić information content (AvgIpc) is 3.26. The summed E-state index contributed by atoms with van der Waals surface area (Å²) in [6.07, 6.45) is 1.72. The summed E-state index contributed by atoms with van der Waals surface area (Å²) in [5, 5.41) is 10.6. The summed E-state index contributed by atoms with van der Waals surface area (Å²) in [5.41, 5.74) is 0.691. The lowest BCUT2D eigenvalue weighted by atomic mass is 10.2. The molecule has 30 heavy (non-hydrogen) atoms. The summed E-state index contributed by atoms with van der Waals surface area (Å²) >= 11 is 9.93. The Labute approximate surface area is 188 Å². The van der Waals surface area contributed by atoms with Crippen LogP contribution in [0.2, 0.25) is 4.34 Å². The molecule has 1 aliphatic heterocycles. The Bertz CT molecular complexity index is 1300. The first-order chi connectivity index (χ1) is 14.1. The Morgan fingerprint density at radius 2 is 2.10 bits per heavy atom. The van der Waals surface area contributed by atoms with Crippen molar-refractivity contribution in [1.82, 2.24) is 0 Å². The second kappa shape index (κ2) is 8.02. The van der Waals surface area contributed by atoms with E-state index >= 15 is 0 Å². The number of hydrogen-bond acceptors (Lipinski definition) is 8. The predicted octanol–water partition coefficient (Wildman–Crippen LogP) is 3.75. The predicted molar refractivity (Wildman–Crippen MR) is 118 cm³/mol. The molecule has 3 heterocycles. The van der Waals surface area contributed by atoms with E-state index < -0.39 is 22.0 Å². The van der Waals surface area contributed by atoms with Gasteiger partial charge in [-0.25, -0.2) is 0 Å². The number of rotatable bonds is 6. The Morgan fingerprint density at radius 1 is 1.33 bits per heavy atom. The van der Waals surface area contributed by atoms with Crippen LogP contribution in [0.15, 0.2) is 34.2 Å². The minimum atomic E-state index is -4.31. The van der Waals surface area contributed by atoms with E-state index in [1.54, 1.807) is 29.2 Å². The van der Waals surface area contributed by atoms with Gasteiger partial charge in [-0.15, -0.1) is 0 Å². The van der Waals surface area contributed by atoms with E-state index in [1.807, 2.05) is 6.07 Å². The van der Waals surface area contributed by atoms with E-state index in [4.69, 9.17) is 16.3 Å². The number of anilines is 1. The second-order valence-corrected chi connectivity index (χ2v) is 11.4. The van der Waals surface area contributed by atoms with Crippen LogP contribution in [-0.2, 0) is 20.8 Å². The highest BCUT2D eigenvalue weighted by Gasteiger charge is 2.31. The lowest BCUT2D eigenvalue weighted by Gasteiger charge is -2.17. The normalized spacial score (nSPS) is 15.2. The maximum absolute atomic E-state index is 11.6. The molecule has 0 unspecified atom stereocenters. The third kappa shape index (κ3) is 4.29. The number of thiophene rings is 1. The molecule has 2 aromatic heterocycles. The van der Waals surface area contributed by atoms with Gasteiger partial charge in [-0.2, -0.15) is 13.0 Å². The van der Waals surface area contributed by atoms with Crippen LogP contribution >= 0.6 is 46.0 Å². The summed E-state index contributed by atoms with van der Waals surface area (Å²) in [7, 11) is -2.78. The Morgan fingerprint density at radius 3 is 2.77 bits per heavy atom. The van der Waals surface area contributed by atoms with E-state index in [2.05, 4.69) is 0 Å². The SMILES string of the molecule is COc1ccc2c(c1)N(CC(=O)O)/C(=C/c1sc3cc(Cl)sc3[n+]1CS(=O)(=O)O)S2. The van der Waals surface area contributed by atoms with Crippen molar-refractivity contribution >= 4 is 83.4 Å². The number of benzene rings is 1. The minimum absolute atomic E-state index is 0.275. The molecule has 3 aromatic rings. The molecule has 13 heteroatoms. The number of aromatic nitrogens is 1. The van der Waals surface area contributed by atoms with Gasteiger partial charge in [0.25, 0.3) is 15.7 Å². The van der Waals surface area contributed by atoms with Gasteiger partial charge in [0.05, 0.1) is 23.9 Å². The molecule has 0 amide bonds. The Balaban J connectivity index is 1.83. The summed E-state index contributed by atoms with van der Waals surface area (Å²) in [6, 6.07) is 7.11. The number of thioether (sulfide) groups is 1. The van der Waals surface area contributed by atoms with E-state index in [0.29, 0.717) is 30.6 Å². The highest BCUT2D eigenvalue weighted by atomic mass is 35.5. The summed E-state index contributed by atoms with van der Waals surface area (Å²) in [6.45, 7) is -0.275. The van der Waals surface area contributed by atoms with Crippen LogP contribution in [0.5, 0.6) is 5.75 Å². The Hall–Kier alpha value is -1.83. The van der Waals surface area contributed by atoms with Crippen LogP contribution in [0.1, 0.15) is 5.01 Å². The van der Waals surface area contributed by atoms with E-state index in [0.717, 1.165) is 9.60 Å². The number of halogens is 1. The zero-order valence-electron chi connectivity index (χ0n) is 15.2. The van der Waals surface area contributed by atoms with E-state index in [1.165, 1.54) is 46.1 Å². The van der Waals surface area contributed by atoms with Gasteiger partial charge >= 0.3 is 16.1 Å². The number of thiazole rings is 1. The number of methoxy groups -OCH3 is 1. The van der Waals surface area contributed by atoms with Gasteiger partial charge in [0.15, 0.2) is 0 Å². The van der Waals surface area contributed by atoms with E-state index in [9.17, 15) is 22.9 Å². The summed E-state index contributed by atoms with van der Waals surface area (Å²) < 4.78 is 40.6. The third-order valence-electron chi connectivity index (χ3n) is 4.15. The van der Waals surface area contributed by atoms with Crippen molar-refractivity contribution in [2.45, 2.75) is 10.8 Å². The van der Waals surface area contributed by atoms with Crippen molar-refractivity contribution in [1.29, 1.82) is 0 Å². The van der Waals surface area contributed by atoms with Gasteiger partial charge in [0.2, 0.25) is 0 Å². The molecule has 0 aliphatic carbocycles. The van der Waals surface area contributed by atoms with Gasteiger partial charge < -0.3 is 14.7 Å². The zero-order valence-corrected chi connectivity index (χ0v) is 19.3. The van der Waals surface area contributed by atoms with Crippen LogP contribution < -0.4 is 14.2 Å². The van der Waals surface area contributed by atoms with Crippen LogP contribution in [0.4, 0.5) is 5.69 Å². The number of aliphatic carboxylic acids is 1. The van der Waals surface area contributed by atoms with Gasteiger partial charge in [0, 0.05) is 11.0 Å². The van der Waals surface area contributed by atoms with Crippen molar-refractivity contribution in [2.24, 2.45) is 0 Å². The fraction of sp³-hybridized carbons (Fsp3) is 0.176. The molecule has 0 atom stereocenters. The molecule has 1 aliphatic rings. The van der Waals surface area contributed by atoms with Gasteiger partial charge in [-0.1, -0.05) is 46.0 Å². The second-order valence-electron chi connectivity index (χ2n) is 6.20. The largest absolute Gasteiger partial charge is 0.497 e. The molecule has 2 N–H and O–H groups in total. The first-order valence-corrected chi connectivity index (χ1v) is 12.7. The van der Waals surface area contributed by atoms with Crippen molar-refractivity contribution in [3.8, 4) is 5.75 Å².